The number of carbonyl (C=O) groups excluding carboxylic acids is 1. The molecule has 3 heteroatoms. The second kappa shape index (κ2) is 4.68. The molecule has 0 saturated heterocycles. The summed E-state index contributed by atoms with van der Waals surface area (Å²) in [5, 5.41) is 0.390. The van der Waals surface area contributed by atoms with Gasteiger partial charge in [0.15, 0.2) is 5.78 Å². The van der Waals surface area contributed by atoms with Gasteiger partial charge in [0, 0.05) is 17.3 Å². The Morgan fingerprint density at radius 3 is 2.35 bits per heavy atom. The van der Waals surface area contributed by atoms with Crippen LogP contribution in [0.2, 0.25) is 5.15 Å². The summed E-state index contributed by atoms with van der Waals surface area (Å²) in [6.07, 6.45) is 1.50. The van der Waals surface area contributed by atoms with Gasteiger partial charge in [0.25, 0.3) is 0 Å². The van der Waals surface area contributed by atoms with Gasteiger partial charge in [0.2, 0.25) is 0 Å². The summed E-state index contributed by atoms with van der Waals surface area (Å²) in [6.45, 7) is 4.01. The van der Waals surface area contributed by atoms with Crippen molar-refractivity contribution in [2.24, 2.45) is 0 Å². The van der Waals surface area contributed by atoms with Crippen molar-refractivity contribution in [2.45, 2.75) is 13.8 Å². The van der Waals surface area contributed by atoms with E-state index < -0.39 is 0 Å². The highest BCUT2D eigenvalue weighted by molar-refractivity contribution is 6.29. The number of pyridine rings is 1. The van der Waals surface area contributed by atoms with Gasteiger partial charge in [0.05, 0.1) is 0 Å². The molecular formula is C14H12ClNO. The Morgan fingerprint density at radius 2 is 1.76 bits per heavy atom. The number of benzene rings is 1. The second-order valence-corrected chi connectivity index (χ2v) is 4.39. The van der Waals surface area contributed by atoms with Gasteiger partial charge in [-0.2, -0.15) is 0 Å². The van der Waals surface area contributed by atoms with Crippen molar-refractivity contribution in [3.63, 3.8) is 0 Å². The number of aromatic nitrogens is 1. The van der Waals surface area contributed by atoms with Crippen LogP contribution in [0.1, 0.15) is 27.0 Å². The Morgan fingerprint density at radius 1 is 1.06 bits per heavy atom. The van der Waals surface area contributed by atoms with Crippen molar-refractivity contribution < 1.29 is 4.79 Å². The first-order valence-corrected chi connectivity index (χ1v) is 5.69. The van der Waals surface area contributed by atoms with Gasteiger partial charge in [-0.3, -0.25) is 4.79 Å². The van der Waals surface area contributed by atoms with Gasteiger partial charge in [0.1, 0.15) is 5.15 Å². The minimum absolute atomic E-state index is 0.0303. The van der Waals surface area contributed by atoms with Crippen LogP contribution >= 0.6 is 11.6 Å². The van der Waals surface area contributed by atoms with E-state index in [1.807, 2.05) is 32.0 Å². The van der Waals surface area contributed by atoms with E-state index >= 15 is 0 Å². The third kappa shape index (κ3) is 2.53. The summed E-state index contributed by atoms with van der Waals surface area (Å²) in [5.74, 6) is -0.0303. The molecule has 17 heavy (non-hydrogen) atoms. The van der Waals surface area contributed by atoms with E-state index in [2.05, 4.69) is 4.98 Å². The Bertz CT molecular complexity index is 561. The van der Waals surface area contributed by atoms with E-state index in [-0.39, 0.29) is 5.78 Å². The quantitative estimate of drug-likeness (QED) is 0.598. The predicted octanol–water partition coefficient (Wildman–Crippen LogP) is 3.58. The number of hydrogen-bond donors (Lipinski definition) is 0. The normalized spacial score (nSPS) is 10.3. The molecule has 0 bridgehead atoms. The van der Waals surface area contributed by atoms with Crippen LogP contribution in [0.5, 0.6) is 0 Å². The molecule has 0 aliphatic carbocycles. The summed E-state index contributed by atoms with van der Waals surface area (Å²) in [6, 6.07) is 8.99. The number of aryl methyl sites for hydroxylation is 2. The average Bonchev–Trinajstić information content (AvgIpc) is 2.33. The zero-order valence-electron chi connectivity index (χ0n) is 9.70. The van der Waals surface area contributed by atoms with Crippen LogP contribution in [0.3, 0.4) is 0 Å². The van der Waals surface area contributed by atoms with Crippen LogP contribution in [0.15, 0.2) is 36.5 Å². The van der Waals surface area contributed by atoms with Crippen LogP contribution in [0, 0.1) is 13.8 Å². The molecule has 86 valence electrons. The van der Waals surface area contributed by atoms with Crippen LogP contribution in [-0.4, -0.2) is 10.8 Å². The van der Waals surface area contributed by atoms with Crippen molar-refractivity contribution in [2.75, 3.05) is 0 Å². The van der Waals surface area contributed by atoms with Crippen molar-refractivity contribution in [1.82, 2.24) is 4.98 Å². The molecule has 2 nitrogen and oxygen atoms in total. The fourth-order valence-corrected chi connectivity index (χ4v) is 1.67. The summed E-state index contributed by atoms with van der Waals surface area (Å²) in [4.78, 5) is 16.0. The fourth-order valence-electron chi connectivity index (χ4n) is 1.56. The maximum Gasteiger partial charge on any atom is 0.194 e. The fraction of sp³-hybridized carbons (Fsp3) is 0.143. The zero-order valence-corrected chi connectivity index (χ0v) is 10.5. The molecule has 0 aliphatic rings. The topological polar surface area (TPSA) is 30.0 Å². The van der Waals surface area contributed by atoms with Crippen LogP contribution < -0.4 is 0 Å². The second-order valence-electron chi connectivity index (χ2n) is 4.00. The largest absolute Gasteiger partial charge is 0.289 e. The van der Waals surface area contributed by atoms with E-state index in [0.717, 1.165) is 5.56 Å². The maximum atomic E-state index is 12.1. The van der Waals surface area contributed by atoms with Gasteiger partial charge < -0.3 is 0 Å². The van der Waals surface area contributed by atoms with Crippen molar-refractivity contribution >= 4 is 17.4 Å². The summed E-state index contributed by atoms with van der Waals surface area (Å²) >= 11 is 5.69. The molecule has 0 saturated carbocycles. The highest BCUT2D eigenvalue weighted by Crippen LogP contribution is 2.15. The maximum absolute atomic E-state index is 12.1. The molecule has 0 radical (unpaired) electrons. The van der Waals surface area contributed by atoms with Crippen molar-refractivity contribution in [3.8, 4) is 0 Å². The molecule has 0 unspecified atom stereocenters. The number of rotatable bonds is 2. The smallest absolute Gasteiger partial charge is 0.194 e. The molecule has 0 fully saturated rings. The third-order valence-electron chi connectivity index (χ3n) is 2.76. The van der Waals surface area contributed by atoms with Crippen LogP contribution in [-0.2, 0) is 0 Å². The number of hydrogen-bond acceptors (Lipinski definition) is 2. The summed E-state index contributed by atoms with van der Waals surface area (Å²) < 4.78 is 0. The van der Waals surface area contributed by atoms with Gasteiger partial charge in [-0.1, -0.05) is 23.7 Å². The highest BCUT2D eigenvalue weighted by atomic mass is 35.5. The standard InChI is InChI=1S/C14H12ClNO/c1-9-3-4-11(7-10(9)2)14(17)12-5-6-13(15)16-8-12/h3-8H,1-2H3. The lowest BCUT2D eigenvalue weighted by molar-refractivity contribution is 0.103. The summed E-state index contributed by atoms with van der Waals surface area (Å²) in [5.41, 5.74) is 3.52. The average molecular weight is 246 g/mol. The number of nitrogens with zero attached hydrogens (tertiary/aromatic N) is 1. The third-order valence-corrected chi connectivity index (χ3v) is 2.98. The van der Waals surface area contributed by atoms with E-state index in [1.165, 1.54) is 11.8 Å². The minimum Gasteiger partial charge on any atom is -0.289 e. The SMILES string of the molecule is Cc1ccc(C(=O)c2ccc(Cl)nc2)cc1C. The van der Waals surface area contributed by atoms with Crippen molar-refractivity contribution in [1.29, 1.82) is 0 Å². The molecule has 0 amide bonds. The molecule has 1 aromatic carbocycles. The van der Waals surface area contributed by atoms with Crippen molar-refractivity contribution in [3.05, 3.63) is 63.9 Å². The lowest BCUT2D eigenvalue weighted by Gasteiger charge is -2.04. The Hall–Kier alpha value is -1.67. The molecular weight excluding hydrogens is 234 g/mol. The van der Waals surface area contributed by atoms with E-state index in [0.29, 0.717) is 16.3 Å². The van der Waals surface area contributed by atoms with Crippen LogP contribution in [0.4, 0.5) is 0 Å². The molecule has 0 spiro atoms. The molecule has 2 aromatic rings. The lowest BCUT2D eigenvalue weighted by Crippen LogP contribution is -2.02. The molecule has 1 heterocycles. The Balaban J connectivity index is 2.37. The number of halogens is 1. The molecule has 0 atom stereocenters. The Kier molecular flexibility index (Phi) is 3.25. The lowest BCUT2D eigenvalue weighted by atomic mass is 10.0. The molecule has 0 N–H and O–H groups in total. The molecule has 0 aliphatic heterocycles. The van der Waals surface area contributed by atoms with Crippen LogP contribution in [0.25, 0.3) is 0 Å². The molecule has 2 rings (SSSR count). The first kappa shape index (κ1) is 11.8. The molecule has 1 aromatic heterocycles. The number of carbonyl (C=O) groups is 1. The van der Waals surface area contributed by atoms with E-state index in [4.69, 9.17) is 11.6 Å². The minimum atomic E-state index is -0.0303. The highest BCUT2D eigenvalue weighted by Gasteiger charge is 2.09. The monoisotopic (exact) mass is 245 g/mol. The number of ketones is 1. The van der Waals surface area contributed by atoms with Gasteiger partial charge in [-0.05, 0) is 43.2 Å². The van der Waals surface area contributed by atoms with E-state index in [1.54, 1.807) is 12.1 Å². The zero-order chi connectivity index (χ0) is 12.4. The Labute approximate surface area is 105 Å². The first-order valence-electron chi connectivity index (χ1n) is 5.31. The first-order chi connectivity index (χ1) is 8.08. The van der Waals surface area contributed by atoms with Gasteiger partial charge in [-0.25, -0.2) is 4.98 Å². The predicted molar refractivity (Wildman–Crippen MR) is 68.6 cm³/mol. The van der Waals surface area contributed by atoms with E-state index in [9.17, 15) is 4.79 Å². The summed E-state index contributed by atoms with van der Waals surface area (Å²) in [7, 11) is 0. The van der Waals surface area contributed by atoms with Gasteiger partial charge in [-0.15, -0.1) is 0 Å². The van der Waals surface area contributed by atoms with Gasteiger partial charge >= 0.3 is 0 Å².